The monoisotopic (exact) mass is 253 g/mol. The molecule has 0 saturated carbocycles. The summed E-state index contributed by atoms with van der Waals surface area (Å²) in [7, 11) is 0. The van der Waals surface area contributed by atoms with E-state index in [1.165, 1.54) is 12.1 Å². The van der Waals surface area contributed by atoms with Gasteiger partial charge in [-0.15, -0.1) is 0 Å². The number of H-pyrrole nitrogens is 1. The molecule has 0 bridgehead atoms. The van der Waals surface area contributed by atoms with Gasteiger partial charge in [-0.2, -0.15) is 13.2 Å². The summed E-state index contributed by atoms with van der Waals surface area (Å²) >= 11 is 0. The van der Waals surface area contributed by atoms with E-state index < -0.39 is 11.7 Å². The molecule has 0 atom stereocenters. The van der Waals surface area contributed by atoms with Crippen LogP contribution in [0.3, 0.4) is 0 Å². The van der Waals surface area contributed by atoms with Crippen molar-refractivity contribution in [3.63, 3.8) is 0 Å². The second-order valence-electron chi connectivity index (χ2n) is 3.96. The third-order valence-electron chi connectivity index (χ3n) is 2.58. The van der Waals surface area contributed by atoms with E-state index in [4.69, 9.17) is 0 Å². The van der Waals surface area contributed by atoms with Crippen LogP contribution in [0.15, 0.2) is 41.2 Å². The van der Waals surface area contributed by atoms with Gasteiger partial charge in [0.05, 0.1) is 5.56 Å². The van der Waals surface area contributed by atoms with Gasteiger partial charge in [0.2, 0.25) is 0 Å². The maximum atomic E-state index is 12.4. The van der Waals surface area contributed by atoms with Crippen molar-refractivity contribution in [1.29, 1.82) is 0 Å². The lowest BCUT2D eigenvalue weighted by Gasteiger charge is -2.07. The molecule has 0 saturated heterocycles. The van der Waals surface area contributed by atoms with E-state index in [1.54, 1.807) is 19.1 Å². The average Bonchev–Trinajstić information content (AvgIpc) is 2.28. The van der Waals surface area contributed by atoms with Crippen molar-refractivity contribution in [2.45, 2.75) is 13.1 Å². The quantitative estimate of drug-likeness (QED) is 0.830. The lowest BCUT2D eigenvalue weighted by molar-refractivity contribution is -0.137. The van der Waals surface area contributed by atoms with Crippen molar-refractivity contribution in [3.8, 4) is 11.1 Å². The van der Waals surface area contributed by atoms with Crippen molar-refractivity contribution >= 4 is 0 Å². The van der Waals surface area contributed by atoms with Crippen LogP contribution in [0, 0.1) is 6.92 Å². The molecular weight excluding hydrogens is 243 g/mol. The third kappa shape index (κ3) is 2.45. The molecule has 0 radical (unpaired) electrons. The van der Waals surface area contributed by atoms with Crippen LogP contribution >= 0.6 is 0 Å². The third-order valence-corrected chi connectivity index (χ3v) is 2.58. The van der Waals surface area contributed by atoms with Crippen LogP contribution in [0.4, 0.5) is 13.2 Å². The maximum Gasteiger partial charge on any atom is 0.416 e. The van der Waals surface area contributed by atoms with Crippen molar-refractivity contribution in [3.05, 3.63) is 58.0 Å². The highest BCUT2D eigenvalue weighted by atomic mass is 19.4. The predicted molar refractivity (Wildman–Crippen MR) is 62.2 cm³/mol. The Morgan fingerprint density at radius 3 is 2.11 bits per heavy atom. The number of pyridine rings is 1. The molecule has 2 rings (SSSR count). The molecule has 1 N–H and O–H groups in total. The molecule has 2 aromatic rings. The van der Waals surface area contributed by atoms with E-state index in [1.807, 2.05) is 0 Å². The summed E-state index contributed by atoms with van der Waals surface area (Å²) in [5.41, 5.74) is 0.485. The molecule has 1 aromatic carbocycles. The standard InChI is InChI=1S/C13H10F3NO/c1-8-2-7-11(12(18)17-8)9-3-5-10(6-4-9)13(14,15)16/h2-7H,1H3,(H,17,18). The summed E-state index contributed by atoms with van der Waals surface area (Å²) in [6, 6.07) is 7.82. The van der Waals surface area contributed by atoms with E-state index in [0.717, 1.165) is 12.1 Å². The minimum absolute atomic E-state index is 0.310. The van der Waals surface area contributed by atoms with Gasteiger partial charge in [0, 0.05) is 11.3 Å². The molecule has 0 amide bonds. The lowest BCUT2D eigenvalue weighted by Crippen LogP contribution is -2.10. The van der Waals surface area contributed by atoms with Crippen LogP contribution in [0.2, 0.25) is 0 Å². The normalized spacial score (nSPS) is 11.6. The molecule has 2 nitrogen and oxygen atoms in total. The second kappa shape index (κ2) is 4.33. The number of alkyl halides is 3. The number of rotatable bonds is 1. The molecule has 18 heavy (non-hydrogen) atoms. The maximum absolute atomic E-state index is 12.4. The molecule has 0 aliphatic heterocycles. The van der Waals surface area contributed by atoms with E-state index >= 15 is 0 Å². The van der Waals surface area contributed by atoms with Crippen LogP contribution < -0.4 is 5.56 Å². The number of benzene rings is 1. The van der Waals surface area contributed by atoms with Gasteiger partial charge in [0.1, 0.15) is 0 Å². The minimum atomic E-state index is -4.36. The molecule has 1 aromatic heterocycles. The lowest BCUT2D eigenvalue weighted by atomic mass is 10.0. The summed E-state index contributed by atoms with van der Waals surface area (Å²) < 4.78 is 37.2. The number of hydrogen-bond acceptors (Lipinski definition) is 1. The number of halogens is 3. The highest BCUT2D eigenvalue weighted by molar-refractivity contribution is 5.62. The average molecular weight is 253 g/mol. The van der Waals surface area contributed by atoms with Gasteiger partial charge in [-0.25, -0.2) is 0 Å². The first-order valence-electron chi connectivity index (χ1n) is 5.25. The Hall–Kier alpha value is -2.04. The molecule has 94 valence electrons. The van der Waals surface area contributed by atoms with Gasteiger partial charge in [0.15, 0.2) is 0 Å². The number of aromatic nitrogens is 1. The summed E-state index contributed by atoms with van der Waals surface area (Å²) in [6.07, 6.45) is -4.36. The van der Waals surface area contributed by atoms with Crippen molar-refractivity contribution in [2.75, 3.05) is 0 Å². The zero-order chi connectivity index (χ0) is 13.3. The molecule has 0 aliphatic rings. The van der Waals surface area contributed by atoms with Gasteiger partial charge in [-0.1, -0.05) is 12.1 Å². The number of nitrogens with one attached hydrogen (secondary N) is 1. The minimum Gasteiger partial charge on any atom is -0.326 e. The van der Waals surface area contributed by atoms with Crippen LogP contribution in [0.1, 0.15) is 11.3 Å². The summed E-state index contributed by atoms with van der Waals surface area (Å²) in [4.78, 5) is 14.2. The zero-order valence-corrected chi connectivity index (χ0v) is 9.51. The fourth-order valence-corrected chi connectivity index (χ4v) is 1.64. The van der Waals surface area contributed by atoms with Crippen molar-refractivity contribution in [2.24, 2.45) is 0 Å². The number of aryl methyl sites for hydroxylation is 1. The molecule has 0 unspecified atom stereocenters. The highest BCUT2D eigenvalue weighted by Gasteiger charge is 2.29. The number of aromatic amines is 1. The van der Waals surface area contributed by atoms with Gasteiger partial charge < -0.3 is 4.98 Å². The first kappa shape index (κ1) is 12.4. The van der Waals surface area contributed by atoms with Crippen molar-refractivity contribution < 1.29 is 13.2 Å². The Bertz CT molecular complexity index is 611. The fraction of sp³-hybridized carbons (Fsp3) is 0.154. The molecule has 1 heterocycles. The number of hydrogen-bond donors (Lipinski definition) is 1. The first-order valence-corrected chi connectivity index (χ1v) is 5.25. The van der Waals surface area contributed by atoms with Crippen LogP contribution in [0.25, 0.3) is 11.1 Å². The van der Waals surface area contributed by atoms with Gasteiger partial charge in [-0.3, -0.25) is 4.79 Å². The van der Waals surface area contributed by atoms with E-state index in [0.29, 0.717) is 16.8 Å². The Kier molecular flexibility index (Phi) is 2.98. The van der Waals surface area contributed by atoms with E-state index in [2.05, 4.69) is 4.98 Å². The van der Waals surface area contributed by atoms with Crippen LogP contribution in [0.5, 0.6) is 0 Å². The largest absolute Gasteiger partial charge is 0.416 e. The zero-order valence-electron chi connectivity index (χ0n) is 9.51. The summed E-state index contributed by atoms with van der Waals surface area (Å²) in [5.74, 6) is 0. The molecule has 0 aliphatic carbocycles. The Morgan fingerprint density at radius 2 is 1.61 bits per heavy atom. The van der Waals surface area contributed by atoms with Crippen molar-refractivity contribution in [1.82, 2.24) is 4.98 Å². The predicted octanol–water partition coefficient (Wildman–Crippen LogP) is 3.37. The van der Waals surface area contributed by atoms with Gasteiger partial charge in [-0.05, 0) is 36.8 Å². The molecule has 5 heteroatoms. The Morgan fingerprint density at radius 1 is 1.00 bits per heavy atom. The summed E-state index contributed by atoms with van der Waals surface area (Å²) in [6.45, 7) is 1.73. The fourth-order valence-electron chi connectivity index (χ4n) is 1.64. The molecule has 0 fully saturated rings. The molecule has 0 spiro atoms. The SMILES string of the molecule is Cc1ccc(-c2ccc(C(F)(F)F)cc2)c(=O)[nH]1. The second-order valence-corrected chi connectivity index (χ2v) is 3.96. The van der Waals surface area contributed by atoms with E-state index in [-0.39, 0.29) is 5.56 Å². The topological polar surface area (TPSA) is 32.9 Å². The summed E-state index contributed by atoms with van der Waals surface area (Å²) in [5, 5.41) is 0. The van der Waals surface area contributed by atoms with Crippen LogP contribution in [-0.2, 0) is 6.18 Å². The van der Waals surface area contributed by atoms with Gasteiger partial charge >= 0.3 is 6.18 Å². The van der Waals surface area contributed by atoms with Gasteiger partial charge in [0.25, 0.3) is 5.56 Å². The molecular formula is C13H10F3NO. The smallest absolute Gasteiger partial charge is 0.326 e. The van der Waals surface area contributed by atoms with Crippen LogP contribution in [-0.4, -0.2) is 4.98 Å². The highest BCUT2D eigenvalue weighted by Crippen LogP contribution is 2.30. The Balaban J connectivity index is 2.44. The first-order chi connectivity index (χ1) is 8.38. The van der Waals surface area contributed by atoms with E-state index in [9.17, 15) is 18.0 Å². The Labute approximate surface area is 101 Å².